The predicted molar refractivity (Wildman–Crippen MR) is 77.0 cm³/mol. The van der Waals surface area contributed by atoms with E-state index in [1.165, 1.54) is 25.7 Å². The normalized spacial score (nSPS) is 23.9. The van der Waals surface area contributed by atoms with Gasteiger partial charge in [0.25, 0.3) is 0 Å². The summed E-state index contributed by atoms with van der Waals surface area (Å²) in [6.45, 7) is 3.65. The van der Waals surface area contributed by atoms with Crippen LogP contribution < -0.4 is 4.74 Å². The molecule has 2 nitrogen and oxygen atoms in total. The molecule has 0 aliphatic heterocycles. The topological polar surface area (TPSA) is 18.5 Å². The van der Waals surface area contributed by atoms with Crippen molar-refractivity contribution in [1.82, 2.24) is 0 Å². The molecule has 0 atom stereocenters. The second kappa shape index (κ2) is 7.15. The highest BCUT2D eigenvalue weighted by atomic mass is 79.9. The van der Waals surface area contributed by atoms with Crippen LogP contribution >= 0.6 is 15.9 Å². The van der Waals surface area contributed by atoms with E-state index in [1.54, 1.807) is 0 Å². The van der Waals surface area contributed by atoms with E-state index in [4.69, 9.17) is 9.47 Å². The third-order valence-corrected chi connectivity index (χ3v) is 4.01. The van der Waals surface area contributed by atoms with Crippen molar-refractivity contribution in [1.29, 1.82) is 0 Å². The molecule has 0 saturated heterocycles. The van der Waals surface area contributed by atoms with E-state index in [9.17, 15) is 0 Å². The van der Waals surface area contributed by atoms with Crippen LogP contribution in [0.3, 0.4) is 0 Å². The van der Waals surface area contributed by atoms with Crippen LogP contribution in [0.4, 0.5) is 0 Å². The minimum absolute atomic E-state index is 0.453. The maximum absolute atomic E-state index is 5.84. The Hall–Kier alpha value is -0.540. The average molecular weight is 313 g/mol. The zero-order chi connectivity index (χ0) is 12.8. The lowest BCUT2D eigenvalue weighted by Gasteiger charge is -2.26. The lowest BCUT2D eigenvalue weighted by molar-refractivity contribution is 0.00570. The van der Waals surface area contributed by atoms with Gasteiger partial charge >= 0.3 is 0 Å². The fourth-order valence-electron chi connectivity index (χ4n) is 2.30. The number of ether oxygens (including phenoxy) is 2. The van der Waals surface area contributed by atoms with Crippen molar-refractivity contribution in [3.63, 3.8) is 0 Å². The molecular formula is C15H21BrO2. The summed E-state index contributed by atoms with van der Waals surface area (Å²) < 4.78 is 12.5. The number of hydrogen-bond donors (Lipinski definition) is 0. The summed E-state index contributed by atoms with van der Waals surface area (Å²) in [6.07, 6.45) is 5.48. The molecule has 1 fully saturated rings. The van der Waals surface area contributed by atoms with E-state index in [0.717, 1.165) is 16.1 Å². The Balaban J connectivity index is 1.60. The third-order valence-electron chi connectivity index (χ3n) is 3.48. The second-order valence-electron chi connectivity index (χ2n) is 5.06. The Labute approximate surface area is 118 Å². The minimum atomic E-state index is 0.453. The van der Waals surface area contributed by atoms with Crippen molar-refractivity contribution in [2.75, 3.05) is 13.2 Å². The second-order valence-corrected chi connectivity index (χ2v) is 5.97. The first-order valence-electron chi connectivity index (χ1n) is 6.74. The van der Waals surface area contributed by atoms with E-state index in [0.29, 0.717) is 19.3 Å². The average Bonchev–Trinajstić information content (AvgIpc) is 2.39. The van der Waals surface area contributed by atoms with Crippen LogP contribution in [-0.2, 0) is 4.74 Å². The van der Waals surface area contributed by atoms with Gasteiger partial charge in [0.05, 0.1) is 12.7 Å². The molecule has 0 amide bonds. The SMILES string of the molecule is CC1CCC(OCCOc2ccc(Br)cc2)CC1. The Bertz CT molecular complexity index is 342. The molecule has 1 aromatic rings. The zero-order valence-electron chi connectivity index (χ0n) is 10.9. The van der Waals surface area contributed by atoms with Crippen LogP contribution in [-0.4, -0.2) is 19.3 Å². The van der Waals surface area contributed by atoms with Crippen molar-refractivity contribution in [2.24, 2.45) is 5.92 Å². The Kier molecular flexibility index (Phi) is 5.51. The summed E-state index contributed by atoms with van der Waals surface area (Å²) in [6, 6.07) is 7.90. The van der Waals surface area contributed by atoms with E-state index >= 15 is 0 Å². The van der Waals surface area contributed by atoms with Gasteiger partial charge in [0, 0.05) is 4.47 Å². The largest absolute Gasteiger partial charge is 0.491 e. The summed E-state index contributed by atoms with van der Waals surface area (Å²) in [4.78, 5) is 0. The zero-order valence-corrected chi connectivity index (χ0v) is 12.5. The molecule has 1 saturated carbocycles. The predicted octanol–water partition coefficient (Wildman–Crippen LogP) is 4.42. The molecule has 18 heavy (non-hydrogen) atoms. The Morgan fingerprint density at radius 1 is 1.06 bits per heavy atom. The molecule has 0 heterocycles. The summed E-state index contributed by atoms with van der Waals surface area (Å²) in [5, 5.41) is 0. The van der Waals surface area contributed by atoms with Crippen LogP contribution in [0.15, 0.2) is 28.7 Å². The fourth-order valence-corrected chi connectivity index (χ4v) is 2.57. The molecule has 1 aromatic carbocycles. The Morgan fingerprint density at radius 2 is 1.72 bits per heavy atom. The van der Waals surface area contributed by atoms with Crippen molar-refractivity contribution in [3.05, 3.63) is 28.7 Å². The summed E-state index contributed by atoms with van der Waals surface area (Å²) in [7, 11) is 0. The molecule has 1 aliphatic rings. The van der Waals surface area contributed by atoms with Crippen molar-refractivity contribution < 1.29 is 9.47 Å². The summed E-state index contributed by atoms with van der Waals surface area (Å²) in [5.74, 6) is 1.78. The molecule has 2 rings (SSSR count). The van der Waals surface area contributed by atoms with Crippen LogP contribution in [0.5, 0.6) is 5.75 Å². The van der Waals surface area contributed by atoms with Crippen molar-refractivity contribution in [2.45, 2.75) is 38.7 Å². The molecule has 0 spiro atoms. The van der Waals surface area contributed by atoms with Gasteiger partial charge in [0.2, 0.25) is 0 Å². The van der Waals surface area contributed by atoms with Gasteiger partial charge in [-0.05, 0) is 55.9 Å². The lowest BCUT2D eigenvalue weighted by atomic mass is 9.89. The summed E-state index contributed by atoms with van der Waals surface area (Å²) >= 11 is 3.40. The highest BCUT2D eigenvalue weighted by Gasteiger charge is 2.18. The van der Waals surface area contributed by atoms with Crippen LogP contribution in [0.25, 0.3) is 0 Å². The molecule has 0 bridgehead atoms. The van der Waals surface area contributed by atoms with Crippen LogP contribution in [0.1, 0.15) is 32.6 Å². The van der Waals surface area contributed by atoms with E-state index in [2.05, 4.69) is 22.9 Å². The van der Waals surface area contributed by atoms with Crippen molar-refractivity contribution in [3.8, 4) is 5.75 Å². The maximum Gasteiger partial charge on any atom is 0.119 e. The number of benzene rings is 1. The maximum atomic E-state index is 5.84. The molecule has 3 heteroatoms. The Morgan fingerprint density at radius 3 is 2.39 bits per heavy atom. The van der Waals surface area contributed by atoms with Gasteiger partial charge in [-0.25, -0.2) is 0 Å². The van der Waals surface area contributed by atoms with Gasteiger partial charge in [-0.2, -0.15) is 0 Å². The van der Waals surface area contributed by atoms with Gasteiger partial charge < -0.3 is 9.47 Å². The van der Waals surface area contributed by atoms with E-state index in [1.807, 2.05) is 24.3 Å². The molecule has 0 N–H and O–H groups in total. The first-order valence-corrected chi connectivity index (χ1v) is 7.53. The number of rotatable bonds is 5. The monoisotopic (exact) mass is 312 g/mol. The van der Waals surface area contributed by atoms with E-state index in [-0.39, 0.29) is 0 Å². The number of halogens is 1. The molecule has 0 unspecified atom stereocenters. The fraction of sp³-hybridized carbons (Fsp3) is 0.600. The first kappa shape index (κ1) is 13.9. The van der Waals surface area contributed by atoms with Crippen LogP contribution in [0, 0.1) is 5.92 Å². The van der Waals surface area contributed by atoms with Crippen LogP contribution in [0.2, 0.25) is 0 Å². The smallest absolute Gasteiger partial charge is 0.119 e. The molecule has 1 aliphatic carbocycles. The molecule has 0 radical (unpaired) electrons. The summed E-state index contributed by atoms with van der Waals surface area (Å²) in [5.41, 5.74) is 0. The van der Waals surface area contributed by atoms with Gasteiger partial charge in [0.15, 0.2) is 0 Å². The number of hydrogen-bond acceptors (Lipinski definition) is 2. The highest BCUT2D eigenvalue weighted by molar-refractivity contribution is 9.10. The van der Waals surface area contributed by atoms with Gasteiger partial charge in [-0.15, -0.1) is 0 Å². The molecule has 0 aromatic heterocycles. The third kappa shape index (κ3) is 4.62. The first-order chi connectivity index (χ1) is 8.74. The quantitative estimate of drug-likeness (QED) is 0.749. The van der Waals surface area contributed by atoms with Gasteiger partial charge in [0.1, 0.15) is 12.4 Å². The van der Waals surface area contributed by atoms with Gasteiger partial charge in [-0.3, -0.25) is 0 Å². The lowest BCUT2D eigenvalue weighted by Crippen LogP contribution is -2.22. The van der Waals surface area contributed by atoms with Gasteiger partial charge in [-0.1, -0.05) is 22.9 Å². The minimum Gasteiger partial charge on any atom is -0.491 e. The van der Waals surface area contributed by atoms with Crippen molar-refractivity contribution >= 4 is 15.9 Å². The standard InChI is InChI=1S/C15H21BrO2/c1-12-2-6-14(7-3-12)17-10-11-18-15-8-4-13(16)5-9-15/h4-5,8-9,12,14H,2-3,6-7,10-11H2,1H3. The molecular weight excluding hydrogens is 292 g/mol. The van der Waals surface area contributed by atoms with E-state index < -0.39 is 0 Å². The molecule has 100 valence electrons. The highest BCUT2D eigenvalue weighted by Crippen LogP contribution is 2.25.